The van der Waals surface area contributed by atoms with Crippen LogP contribution in [0.2, 0.25) is 0 Å². The lowest BCUT2D eigenvalue weighted by atomic mass is 10.2. The van der Waals surface area contributed by atoms with E-state index in [4.69, 9.17) is 5.10 Å². The van der Waals surface area contributed by atoms with Crippen molar-refractivity contribution in [3.8, 4) is 11.3 Å². The van der Waals surface area contributed by atoms with Gasteiger partial charge in [-0.2, -0.15) is 0 Å². The van der Waals surface area contributed by atoms with Crippen molar-refractivity contribution in [2.24, 2.45) is 0 Å². The number of pyridine rings is 1. The maximum atomic E-state index is 4.86. The molecule has 1 saturated heterocycles. The normalized spacial score (nSPS) is 18.5. The highest BCUT2D eigenvalue weighted by Gasteiger charge is 2.19. The van der Waals surface area contributed by atoms with E-state index in [1.54, 1.807) is 12.4 Å². The van der Waals surface area contributed by atoms with Gasteiger partial charge in [0.1, 0.15) is 5.82 Å². The summed E-state index contributed by atoms with van der Waals surface area (Å²) in [4.78, 5) is 11.1. The molecule has 6 nitrogen and oxygen atoms in total. The van der Waals surface area contributed by atoms with E-state index in [-0.39, 0.29) is 0 Å². The molecule has 0 radical (unpaired) electrons. The molecule has 1 atom stereocenters. The first-order valence-corrected chi connectivity index (χ1v) is 7.97. The van der Waals surface area contributed by atoms with Crippen LogP contribution < -0.4 is 10.2 Å². The summed E-state index contributed by atoms with van der Waals surface area (Å²) in [6.07, 6.45) is 3.60. The Morgan fingerprint density at radius 3 is 2.78 bits per heavy atom. The Morgan fingerprint density at radius 1 is 1.17 bits per heavy atom. The molecule has 0 unspecified atom stereocenters. The molecule has 3 aromatic heterocycles. The van der Waals surface area contributed by atoms with Gasteiger partial charge in [-0.3, -0.25) is 4.98 Å². The zero-order valence-corrected chi connectivity index (χ0v) is 13.4. The van der Waals surface area contributed by atoms with Gasteiger partial charge >= 0.3 is 0 Å². The van der Waals surface area contributed by atoms with Crippen LogP contribution in [0.1, 0.15) is 12.6 Å². The van der Waals surface area contributed by atoms with Crippen LogP contribution in [0.25, 0.3) is 16.9 Å². The lowest BCUT2D eigenvalue weighted by molar-refractivity contribution is 0.481. The SMILES string of the molecule is Cc1nc2ccc(N3CCN[C@@H](C)C3)nn2c1-c1ccncc1. The number of hydrogen-bond acceptors (Lipinski definition) is 5. The average Bonchev–Trinajstić information content (AvgIpc) is 2.90. The first-order chi connectivity index (χ1) is 11.2. The van der Waals surface area contributed by atoms with Crippen molar-refractivity contribution in [2.45, 2.75) is 19.9 Å². The second-order valence-corrected chi connectivity index (χ2v) is 6.04. The number of fused-ring (bicyclic) bond motifs is 1. The smallest absolute Gasteiger partial charge is 0.154 e. The van der Waals surface area contributed by atoms with Crippen LogP contribution in [0.4, 0.5) is 5.82 Å². The second-order valence-electron chi connectivity index (χ2n) is 6.04. The summed E-state index contributed by atoms with van der Waals surface area (Å²) in [7, 11) is 0. The molecule has 4 heterocycles. The summed E-state index contributed by atoms with van der Waals surface area (Å²) >= 11 is 0. The van der Waals surface area contributed by atoms with Crippen LogP contribution in [0.3, 0.4) is 0 Å². The quantitative estimate of drug-likeness (QED) is 0.783. The van der Waals surface area contributed by atoms with E-state index in [0.29, 0.717) is 6.04 Å². The van der Waals surface area contributed by atoms with Crippen LogP contribution in [0.5, 0.6) is 0 Å². The fraction of sp³-hybridized carbons (Fsp3) is 0.353. The third-order valence-corrected chi connectivity index (χ3v) is 4.28. The van der Waals surface area contributed by atoms with Gasteiger partial charge in [0.25, 0.3) is 0 Å². The Hall–Kier alpha value is -2.47. The maximum Gasteiger partial charge on any atom is 0.154 e. The maximum absolute atomic E-state index is 4.86. The molecule has 1 fully saturated rings. The number of nitrogens with zero attached hydrogens (tertiary/aromatic N) is 5. The summed E-state index contributed by atoms with van der Waals surface area (Å²) in [6, 6.07) is 8.59. The molecular weight excluding hydrogens is 288 g/mol. The summed E-state index contributed by atoms with van der Waals surface area (Å²) in [5.41, 5.74) is 3.98. The van der Waals surface area contributed by atoms with Gasteiger partial charge in [0.15, 0.2) is 5.65 Å². The Labute approximate surface area is 135 Å². The second kappa shape index (κ2) is 5.62. The molecule has 23 heavy (non-hydrogen) atoms. The van der Waals surface area contributed by atoms with Gasteiger partial charge in [-0.05, 0) is 38.1 Å². The Balaban J connectivity index is 1.81. The van der Waals surface area contributed by atoms with Crippen molar-refractivity contribution in [1.82, 2.24) is 24.9 Å². The molecule has 0 bridgehead atoms. The summed E-state index contributed by atoms with van der Waals surface area (Å²) in [6.45, 7) is 7.16. The highest BCUT2D eigenvalue weighted by atomic mass is 15.3. The number of aromatic nitrogens is 4. The Morgan fingerprint density at radius 2 is 2.00 bits per heavy atom. The number of piperazine rings is 1. The van der Waals surface area contributed by atoms with Crippen LogP contribution >= 0.6 is 0 Å². The number of anilines is 1. The number of imidazole rings is 1. The van der Waals surface area contributed by atoms with Crippen LogP contribution in [-0.2, 0) is 0 Å². The lowest BCUT2D eigenvalue weighted by Gasteiger charge is -2.32. The molecule has 1 aliphatic heterocycles. The average molecular weight is 308 g/mol. The van der Waals surface area contributed by atoms with Crippen LogP contribution in [0, 0.1) is 6.92 Å². The van der Waals surface area contributed by atoms with Gasteiger partial charge in [0.2, 0.25) is 0 Å². The lowest BCUT2D eigenvalue weighted by Crippen LogP contribution is -2.49. The van der Waals surface area contributed by atoms with Crippen molar-refractivity contribution in [3.05, 3.63) is 42.4 Å². The molecule has 0 amide bonds. The molecular formula is C17H20N6. The van der Waals surface area contributed by atoms with E-state index in [2.05, 4.69) is 33.2 Å². The molecule has 6 heteroatoms. The fourth-order valence-corrected chi connectivity index (χ4v) is 3.18. The third-order valence-electron chi connectivity index (χ3n) is 4.28. The van der Waals surface area contributed by atoms with Gasteiger partial charge in [-0.15, -0.1) is 5.10 Å². The van der Waals surface area contributed by atoms with Crippen molar-refractivity contribution in [3.63, 3.8) is 0 Å². The minimum atomic E-state index is 0.477. The van der Waals surface area contributed by atoms with E-state index in [1.807, 2.05) is 29.6 Å². The van der Waals surface area contributed by atoms with E-state index in [1.165, 1.54) is 0 Å². The van der Waals surface area contributed by atoms with E-state index in [9.17, 15) is 0 Å². The van der Waals surface area contributed by atoms with Crippen molar-refractivity contribution < 1.29 is 0 Å². The Bertz CT molecular complexity index is 826. The fourth-order valence-electron chi connectivity index (χ4n) is 3.18. The number of hydrogen-bond donors (Lipinski definition) is 1. The summed E-state index contributed by atoms with van der Waals surface area (Å²) < 4.78 is 1.95. The molecule has 1 N–H and O–H groups in total. The van der Waals surface area contributed by atoms with Gasteiger partial charge in [0, 0.05) is 43.6 Å². The topological polar surface area (TPSA) is 58.4 Å². The predicted molar refractivity (Wildman–Crippen MR) is 90.6 cm³/mol. The minimum Gasteiger partial charge on any atom is -0.352 e. The predicted octanol–water partition coefficient (Wildman–Crippen LogP) is 1.90. The zero-order valence-electron chi connectivity index (χ0n) is 13.4. The first kappa shape index (κ1) is 14.1. The molecule has 3 aromatic rings. The van der Waals surface area contributed by atoms with E-state index in [0.717, 1.165) is 48.1 Å². The molecule has 0 aliphatic carbocycles. The summed E-state index contributed by atoms with van der Waals surface area (Å²) in [5.74, 6) is 0.999. The zero-order chi connectivity index (χ0) is 15.8. The van der Waals surface area contributed by atoms with Crippen molar-refractivity contribution in [2.75, 3.05) is 24.5 Å². The summed E-state index contributed by atoms with van der Waals surface area (Å²) in [5, 5.41) is 8.33. The number of nitrogens with one attached hydrogen (secondary N) is 1. The third kappa shape index (κ3) is 2.55. The van der Waals surface area contributed by atoms with E-state index >= 15 is 0 Å². The Kier molecular flexibility index (Phi) is 3.46. The molecule has 4 rings (SSSR count). The van der Waals surface area contributed by atoms with Gasteiger partial charge < -0.3 is 10.2 Å². The highest BCUT2D eigenvalue weighted by Crippen LogP contribution is 2.25. The largest absolute Gasteiger partial charge is 0.352 e. The van der Waals surface area contributed by atoms with Crippen molar-refractivity contribution in [1.29, 1.82) is 0 Å². The van der Waals surface area contributed by atoms with Gasteiger partial charge in [-0.25, -0.2) is 9.50 Å². The monoisotopic (exact) mass is 308 g/mol. The molecule has 0 spiro atoms. The van der Waals surface area contributed by atoms with Gasteiger partial charge in [0.05, 0.1) is 11.4 Å². The highest BCUT2D eigenvalue weighted by molar-refractivity contribution is 5.66. The standard InChI is InChI=1S/C17H20N6/c1-12-11-22(10-9-19-12)16-4-3-15-20-13(2)17(23(15)21-16)14-5-7-18-8-6-14/h3-8,12,19H,9-11H2,1-2H3/t12-/m0/s1. The molecule has 0 saturated carbocycles. The number of aryl methyl sites for hydroxylation is 1. The van der Waals surface area contributed by atoms with Gasteiger partial charge in [-0.1, -0.05) is 0 Å². The molecule has 118 valence electrons. The van der Waals surface area contributed by atoms with Crippen LogP contribution in [0.15, 0.2) is 36.7 Å². The first-order valence-electron chi connectivity index (χ1n) is 7.97. The van der Waals surface area contributed by atoms with Crippen molar-refractivity contribution >= 4 is 11.5 Å². The molecule has 0 aromatic carbocycles. The minimum absolute atomic E-state index is 0.477. The molecule has 1 aliphatic rings. The van der Waals surface area contributed by atoms with Crippen LogP contribution in [-0.4, -0.2) is 45.3 Å². The number of rotatable bonds is 2. The van der Waals surface area contributed by atoms with E-state index < -0.39 is 0 Å².